The zero-order valence-corrected chi connectivity index (χ0v) is 18.8. The first kappa shape index (κ1) is 24.8. The summed E-state index contributed by atoms with van der Waals surface area (Å²) in [5.41, 5.74) is 14.6. The van der Waals surface area contributed by atoms with Gasteiger partial charge in [-0.15, -0.1) is 0 Å². The Kier molecular flexibility index (Phi) is 12.9. The van der Waals surface area contributed by atoms with Crippen LogP contribution in [-0.4, -0.2) is 22.8 Å². The topological polar surface area (TPSA) is 101 Å². The number of hydrogen-bond acceptors (Lipinski definition) is 6. The van der Waals surface area contributed by atoms with Crippen LogP contribution in [0.1, 0.15) is 22.3 Å². The number of aryl methyl sites for hydroxylation is 2. The monoisotopic (exact) mass is 579 g/mol. The van der Waals surface area contributed by atoms with E-state index in [9.17, 15) is 0 Å². The minimum Gasteiger partial charge on any atom is -0.741 e. The van der Waals surface area contributed by atoms with Gasteiger partial charge in [0.25, 0.3) is 0 Å². The second kappa shape index (κ2) is 14.0. The number of nitrogens with zero attached hydrogens (tertiary/aromatic N) is 4. The maximum atomic E-state index is 5.13. The Morgan fingerprint density at radius 3 is 1.26 bits per heavy atom. The fourth-order valence-electron chi connectivity index (χ4n) is 1.61. The number of benzene rings is 2. The third kappa shape index (κ3) is 12.8. The minimum absolute atomic E-state index is 0. The van der Waals surface area contributed by atoms with Crippen molar-refractivity contribution in [1.82, 2.24) is 0 Å². The first-order valence-electron chi connectivity index (χ1n) is 7.57. The molecule has 0 aromatic heterocycles. The van der Waals surface area contributed by atoms with Gasteiger partial charge < -0.3 is 36.7 Å². The summed E-state index contributed by atoms with van der Waals surface area (Å²) in [5, 5.41) is 14.5. The van der Waals surface area contributed by atoms with Crippen LogP contribution in [-0.2, 0) is 46.3 Å². The summed E-state index contributed by atoms with van der Waals surface area (Å²) in [4.78, 5) is 0. The molecule has 2 aromatic carbocycles. The Hall–Kier alpha value is -2.15. The number of amidine groups is 2. The van der Waals surface area contributed by atoms with Crippen molar-refractivity contribution in [3.63, 3.8) is 0 Å². The molecule has 0 radical (unpaired) electrons. The van der Waals surface area contributed by atoms with Gasteiger partial charge in [0.15, 0.2) is 0 Å². The van der Waals surface area contributed by atoms with Crippen LogP contribution in [0.5, 0.6) is 0 Å². The van der Waals surface area contributed by atoms with Crippen molar-refractivity contribution >= 4 is 48.0 Å². The predicted octanol–water partition coefficient (Wildman–Crippen LogP) is 2.38. The molecular weight excluding hydrogens is 559 g/mol. The average Bonchev–Trinajstić information content (AvgIpc) is 2.58. The van der Waals surface area contributed by atoms with Crippen LogP contribution in [0.4, 0.5) is 0 Å². The molecule has 0 saturated heterocycles. The first-order chi connectivity index (χ1) is 12.4. The molecule has 0 fully saturated rings. The van der Waals surface area contributed by atoms with Crippen molar-refractivity contribution in [1.29, 1.82) is 0 Å². The second-order valence-corrected chi connectivity index (χ2v) is 6.02. The molecule has 0 heterocycles. The molecule has 0 atom stereocenters. The molecule has 0 aliphatic heterocycles. The molecule has 144 valence electrons. The Bertz CT molecular complexity index is 722. The summed E-state index contributed by atoms with van der Waals surface area (Å²) < 4.78 is 0. The Labute approximate surface area is 185 Å². The van der Waals surface area contributed by atoms with Crippen LogP contribution in [0.15, 0.2) is 68.9 Å². The largest absolute Gasteiger partial charge is 2.00 e. The van der Waals surface area contributed by atoms with Crippen LogP contribution in [0.2, 0.25) is 0 Å². The van der Waals surface area contributed by atoms with Gasteiger partial charge in [0, 0.05) is 0 Å². The van der Waals surface area contributed by atoms with Crippen LogP contribution in [0, 0.1) is 13.8 Å². The molecule has 2 aromatic rings. The van der Waals surface area contributed by atoms with E-state index in [0.29, 0.717) is 0 Å². The van der Waals surface area contributed by atoms with Gasteiger partial charge in [-0.25, -0.2) is 0 Å². The molecule has 0 bridgehead atoms. The van der Waals surface area contributed by atoms with E-state index < -0.39 is 0 Å². The predicted molar refractivity (Wildman–Crippen MR) is 116 cm³/mol. The smallest absolute Gasteiger partial charge is 0.741 e. The van der Waals surface area contributed by atoms with Crippen LogP contribution < -0.4 is 11.5 Å². The summed E-state index contributed by atoms with van der Waals surface area (Å²) >= 11 is 9.06. The van der Waals surface area contributed by atoms with Crippen molar-refractivity contribution in [3.05, 3.63) is 70.8 Å². The second-order valence-electron chi connectivity index (χ2n) is 5.19. The van der Waals surface area contributed by atoms with E-state index in [2.05, 4.69) is 45.7 Å². The number of nitrogens with two attached hydrogens (primary N) is 2. The summed E-state index contributed by atoms with van der Waals surface area (Å²) in [6, 6.07) is 15.8. The standard InChI is InChI=1S/2C9H11N3S.Pt/c2*1-7-2-4-8(5-3-7)6-11-12-9(10)13;/h2*2-6H,1H3,(H3,10,12,13);/q;;+2/p-2/b2*11-6+;. The van der Waals surface area contributed by atoms with E-state index in [1.165, 1.54) is 11.1 Å². The van der Waals surface area contributed by atoms with Gasteiger partial charge in [0.05, 0.1) is 12.4 Å². The molecule has 6 nitrogen and oxygen atoms in total. The molecule has 2 rings (SSSR count). The van der Waals surface area contributed by atoms with Crippen LogP contribution in [0.25, 0.3) is 0 Å². The summed E-state index contributed by atoms with van der Waals surface area (Å²) in [5.74, 6) is 0. The molecular formula is C18H20N6PtS2. The third-order valence-electron chi connectivity index (χ3n) is 2.88. The summed E-state index contributed by atoms with van der Waals surface area (Å²) in [7, 11) is 0. The fraction of sp³-hybridized carbons (Fsp3) is 0.111. The van der Waals surface area contributed by atoms with Gasteiger partial charge in [-0.05, 0) is 35.3 Å². The molecule has 0 aliphatic rings. The normalized spacial score (nSPS) is 11.8. The minimum atomic E-state index is 0. The molecule has 0 aliphatic carbocycles. The van der Waals surface area contributed by atoms with Crippen molar-refractivity contribution in [2.75, 3.05) is 0 Å². The molecule has 0 spiro atoms. The SMILES string of the molecule is Cc1ccc(/C=N/N=C(/N)[S-])cc1.Cc1ccc(/C=N/N=C(/N)[S-])cc1.[Pt+2]. The molecule has 9 heteroatoms. The van der Waals surface area contributed by atoms with E-state index in [4.69, 9.17) is 11.5 Å². The van der Waals surface area contributed by atoms with E-state index in [1.807, 2.05) is 62.4 Å². The molecule has 0 amide bonds. The zero-order valence-electron chi connectivity index (χ0n) is 14.8. The van der Waals surface area contributed by atoms with Crippen molar-refractivity contribution in [2.24, 2.45) is 31.9 Å². The van der Waals surface area contributed by atoms with Gasteiger partial charge in [-0.2, -0.15) is 20.4 Å². The van der Waals surface area contributed by atoms with E-state index in [0.717, 1.165) is 11.1 Å². The Balaban J connectivity index is 0.000000483. The summed E-state index contributed by atoms with van der Waals surface area (Å²) in [6.07, 6.45) is 3.22. The molecule has 0 saturated carbocycles. The van der Waals surface area contributed by atoms with Crippen LogP contribution in [0.3, 0.4) is 0 Å². The zero-order chi connectivity index (χ0) is 19.4. The Morgan fingerprint density at radius 2 is 1.00 bits per heavy atom. The maximum Gasteiger partial charge on any atom is 2.00 e. The van der Waals surface area contributed by atoms with Crippen molar-refractivity contribution in [2.45, 2.75) is 13.8 Å². The van der Waals surface area contributed by atoms with Gasteiger partial charge in [0.1, 0.15) is 0 Å². The summed E-state index contributed by atoms with van der Waals surface area (Å²) in [6.45, 7) is 4.06. The van der Waals surface area contributed by atoms with E-state index in [-0.39, 0.29) is 31.4 Å². The number of rotatable bonds is 4. The van der Waals surface area contributed by atoms with Gasteiger partial charge in [-0.3, -0.25) is 0 Å². The van der Waals surface area contributed by atoms with Gasteiger partial charge in [-0.1, -0.05) is 59.7 Å². The molecule has 0 unspecified atom stereocenters. The van der Waals surface area contributed by atoms with Crippen LogP contribution >= 0.6 is 0 Å². The molecule has 27 heavy (non-hydrogen) atoms. The van der Waals surface area contributed by atoms with Crippen molar-refractivity contribution in [3.8, 4) is 0 Å². The van der Waals surface area contributed by atoms with Gasteiger partial charge >= 0.3 is 21.1 Å². The van der Waals surface area contributed by atoms with E-state index >= 15 is 0 Å². The first-order valence-corrected chi connectivity index (χ1v) is 8.39. The quantitative estimate of drug-likeness (QED) is 0.252. The Morgan fingerprint density at radius 1 is 0.704 bits per heavy atom. The maximum absolute atomic E-state index is 5.13. The average molecular weight is 580 g/mol. The van der Waals surface area contributed by atoms with Gasteiger partial charge in [0.2, 0.25) is 0 Å². The third-order valence-corrected chi connectivity index (χ3v) is 3.04. The van der Waals surface area contributed by atoms with Crippen molar-refractivity contribution < 1.29 is 21.1 Å². The van der Waals surface area contributed by atoms with E-state index in [1.54, 1.807) is 12.4 Å². The molecule has 4 N–H and O–H groups in total. The number of hydrogen-bond donors (Lipinski definition) is 2. The fourth-order valence-corrected chi connectivity index (χ4v) is 1.70.